The number of hydrogen-bond donors (Lipinski definition) is 6. The number of carbonyl (C=O) groups excluding carboxylic acids is 12. The van der Waals surface area contributed by atoms with Crippen LogP contribution in [-0.2, 0) is 57.5 Å². The van der Waals surface area contributed by atoms with Gasteiger partial charge in [0.25, 0.3) is 0 Å². The van der Waals surface area contributed by atoms with Crippen molar-refractivity contribution < 1.29 is 57.5 Å². The van der Waals surface area contributed by atoms with Crippen LogP contribution >= 0.6 is 0 Å². The summed E-state index contributed by atoms with van der Waals surface area (Å²) in [5.74, 6) is 0.456. The Balaban J connectivity index is 0.000000739. The van der Waals surface area contributed by atoms with Gasteiger partial charge in [0.1, 0.15) is 0 Å². The number of hydrogen-bond acceptors (Lipinski definition) is 12. The topological polar surface area (TPSA) is 296 Å². The summed E-state index contributed by atoms with van der Waals surface area (Å²) in [6.45, 7) is 38.9. The van der Waals surface area contributed by atoms with E-state index in [1.165, 1.54) is 161 Å². The number of nitrogens with zero attached hydrogens (tertiary/aromatic N) is 6. The molecular weight excluding hydrogens is 1550 g/mol. The molecule has 6 rings (SSSR count). The van der Waals surface area contributed by atoms with Gasteiger partial charge in [-0.3, -0.25) is 57.5 Å². The summed E-state index contributed by atoms with van der Waals surface area (Å²) < 4.78 is 0. The molecule has 0 bridgehead atoms. The average molecular weight is 1740 g/mol. The second-order valence-electron chi connectivity index (χ2n) is 35.9. The molecule has 0 radical (unpaired) electrons. The van der Waals surface area contributed by atoms with Crippen molar-refractivity contribution in [2.75, 3.05) is 118 Å². The Morgan fingerprint density at radius 3 is 0.447 bits per heavy atom. The molecule has 0 aromatic rings. The first-order valence-electron chi connectivity index (χ1n) is 50.9. The molecule has 714 valence electrons. The van der Waals surface area contributed by atoms with Crippen molar-refractivity contribution in [2.24, 2.45) is 35.5 Å². The highest BCUT2D eigenvalue weighted by atomic mass is 16.2. The molecule has 6 aliphatic heterocycles. The summed E-state index contributed by atoms with van der Waals surface area (Å²) >= 11 is 0. The lowest BCUT2D eigenvalue weighted by molar-refractivity contribution is -0.129. The molecule has 12 amide bonds. The maximum Gasteiger partial charge on any atom is 0.225 e. The summed E-state index contributed by atoms with van der Waals surface area (Å²) in [6.07, 6.45) is 55.3. The van der Waals surface area contributed by atoms with E-state index < -0.39 is 0 Å². The zero-order chi connectivity index (χ0) is 90.9. The van der Waals surface area contributed by atoms with Crippen molar-refractivity contribution in [1.29, 1.82) is 0 Å². The fourth-order valence-corrected chi connectivity index (χ4v) is 16.1. The molecule has 6 fully saturated rings. The van der Waals surface area contributed by atoms with Crippen LogP contribution in [0.5, 0.6) is 0 Å². The molecule has 123 heavy (non-hydrogen) atoms. The number of likely N-dealkylation sites (tertiary alicyclic amines) is 6. The number of rotatable bonds is 63. The van der Waals surface area contributed by atoms with Crippen LogP contribution in [0, 0.1) is 35.5 Å². The fraction of sp³-hybridized carbons (Fsp3) is 0.879. The lowest BCUT2D eigenvalue weighted by atomic mass is 10.1. The minimum absolute atomic E-state index is 0.0507. The van der Waals surface area contributed by atoms with E-state index in [0.717, 1.165) is 207 Å². The summed E-state index contributed by atoms with van der Waals surface area (Å²) in [6, 6.07) is 0. The Morgan fingerprint density at radius 2 is 0.301 bits per heavy atom. The van der Waals surface area contributed by atoms with Gasteiger partial charge in [-0.25, -0.2) is 0 Å². The second-order valence-corrected chi connectivity index (χ2v) is 35.9. The van der Waals surface area contributed by atoms with E-state index in [-0.39, 0.29) is 106 Å². The van der Waals surface area contributed by atoms with Crippen LogP contribution < -0.4 is 31.9 Å². The molecule has 24 nitrogen and oxygen atoms in total. The molecule has 0 aliphatic carbocycles. The SMILES string of the molecule is CCCCCCCCCCN1CC(C(=O)NCCCC)CC1=O.CCCCCCCCCN1CC(C(=O)NCCCC)CC1=O.CCCCCCCCN1CC(C(=O)NCCCC)CC1=O.CCCCCCCN1CC(C(=O)NCCCC)CC1=O.CCCCCCN1CC(C(=O)NCCCC)CC1=O.CCCCCN1CC(C(=O)NCCCC)CC1=O. The molecular formula is C99H186N12O12. The highest BCUT2D eigenvalue weighted by Crippen LogP contribution is 2.26. The third-order valence-electron chi connectivity index (χ3n) is 24.4. The fourth-order valence-electron chi connectivity index (χ4n) is 16.1. The Hall–Kier alpha value is -6.36. The Kier molecular flexibility index (Phi) is 71.6. The molecule has 6 aliphatic rings. The smallest absolute Gasteiger partial charge is 0.225 e. The normalized spacial score (nSPS) is 18.4. The molecule has 0 aromatic carbocycles. The molecule has 24 heteroatoms. The van der Waals surface area contributed by atoms with Crippen LogP contribution in [0.15, 0.2) is 0 Å². The van der Waals surface area contributed by atoms with Gasteiger partial charge >= 0.3 is 0 Å². The average Bonchev–Trinajstić information content (AvgIpc) is 1.76. The van der Waals surface area contributed by atoms with Gasteiger partial charge in [0.05, 0.1) is 35.5 Å². The Labute approximate surface area is 749 Å². The highest BCUT2D eigenvalue weighted by molar-refractivity contribution is 5.92. The van der Waals surface area contributed by atoms with E-state index in [0.29, 0.717) is 77.8 Å². The van der Waals surface area contributed by atoms with Crippen LogP contribution in [0.3, 0.4) is 0 Å². The lowest BCUT2D eigenvalue weighted by Gasteiger charge is -2.16. The molecule has 6 N–H and O–H groups in total. The van der Waals surface area contributed by atoms with E-state index in [9.17, 15) is 57.5 Å². The van der Waals surface area contributed by atoms with Gasteiger partial charge in [-0.15, -0.1) is 0 Å². The predicted octanol–water partition coefficient (Wildman–Crippen LogP) is 17.5. The summed E-state index contributed by atoms with van der Waals surface area (Å²) in [4.78, 5) is 154. The van der Waals surface area contributed by atoms with Crippen LogP contribution in [-0.4, -0.2) is 218 Å². The number of carbonyl (C=O) groups is 12. The maximum atomic E-state index is 12.0. The third kappa shape index (κ3) is 55.1. The van der Waals surface area contributed by atoms with Crippen molar-refractivity contribution >= 4 is 70.9 Å². The van der Waals surface area contributed by atoms with Gasteiger partial charge in [0.15, 0.2) is 0 Å². The molecule has 0 saturated carbocycles. The molecule has 6 saturated heterocycles. The van der Waals surface area contributed by atoms with Crippen molar-refractivity contribution in [3.05, 3.63) is 0 Å². The first kappa shape index (κ1) is 115. The molecule has 6 atom stereocenters. The van der Waals surface area contributed by atoms with Crippen molar-refractivity contribution in [2.45, 2.75) is 411 Å². The van der Waals surface area contributed by atoms with E-state index in [2.05, 4.69) is 115 Å². The largest absolute Gasteiger partial charge is 0.356 e. The molecule has 0 spiro atoms. The van der Waals surface area contributed by atoms with Gasteiger partial charge in [-0.1, -0.05) is 295 Å². The Bertz CT molecular complexity index is 2810. The van der Waals surface area contributed by atoms with Gasteiger partial charge < -0.3 is 61.3 Å². The second kappa shape index (κ2) is 76.8. The molecule has 6 unspecified atom stereocenters. The minimum atomic E-state index is -0.131. The summed E-state index contributed by atoms with van der Waals surface area (Å²) in [5, 5.41) is 17.6. The lowest BCUT2D eigenvalue weighted by Crippen LogP contribution is -2.33. The first-order chi connectivity index (χ1) is 59.6. The third-order valence-corrected chi connectivity index (χ3v) is 24.4. The van der Waals surface area contributed by atoms with Crippen molar-refractivity contribution in [1.82, 2.24) is 61.3 Å². The first-order valence-corrected chi connectivity index (χ1v) is 50.9. The van der Waals surface area contributed by atoms with Crippen molar-refractivity contribution in [3.63, 3.8) is 0 Å². The number of unbranched alkanes of at least 4 members (excludes halogenated alkanes) is 33. The van der Waals surface area contributed by atoms with Gasteiger partial charge in [0.2, 0.25) is 70.9 Å². The zero-order valence-corrected chi connectivity index (χ0v) is 80.8. The number of nitrogens with one attached hydrogen (secondary N) is 6. The summed E-state index contributed by atoms with van der Waals surface area (Å²) in [7, 11) is 0. The highest BCUT2D eigenvalue weighted by Gasteiger charge is 2.39. The maximum absolute atomic E-state index is 12.0. The zero-order valence-electron chi connectivity index (χ0n) is 80.8. The number of amides is 12. The van der Waals surface area contributed by atoms with Crippen LogP contribution in [0.4, 0.5) is 0 Å². The van der Waals surface area contributed by atoms with Crippen molar-refractivity contribution in [3.8, 4) is 0 Å². The van der Waals surface area contributed by atoms with Gasteiger partial charge in [0, 0.05) is 156 Å². The van der Waals surface area contributed by atoms with Gasteiger partial charge in [-0.2, -0.15) is 0 Å². The molecule has 6 heterocycles. The summed E-state index contributed by atoms with van der Waals surface area (Å²) in [5.41, 5.74) is 0. The van der Waals surface area contributed by atoms with Gasteiger partial charge in [-0.05, 0) is 77.0 Å². The van der Waals surface area contributed by atoms with E-state index >= 15 is 0 Å². The monoisotopic (exact) mass is 1740 g/mol. The molecule has 0 aromatic heterocycles. The van der Waals surface area contributed by atoms with E-state index in [1.807, 2.05) is 29.4 Å². The van der Waals surface area contributed by atoms with Crippen LogP contribution in [0.25, 0.3) is 0 Å². The van der Waals surface area contributed by atoms with Crippen LogP contribution in [0.1, 0.15) is 411 Å². The van der Waals surface area contributed by atoms with Crippen LogP contribution in [0.2, 0.25) is 0 Å². The minimum Gasteiger partial charge on any atom is -0.356 e. The van der Waals surface area contributed by atoms with E-state index in [4.69, 9.17) is 0 Å². The quantitative estimate of drug-likeness (QED) is 0.0310. The predicted molar refractivity (Wildman–Crippen MR) is 502 cm³/mol. The Morgan fingerprint density at radius 1 is 0.187 bits per heavy atom. The standard InChI is InChI=1S/C19H36N2O2.C18H34N2O2.C17H32N2O2.C16H30N2O2.C15H28N2O2.C14H26N2O2/c1-3-5-7-8-9-10-11-12-14-21-16-17(15-18(21)22)19(23)20-13-6-4-2;1-3-5-7-8-9-10-11-13-20-15-16(14-17(20)21)18(22)19-12-6-4-2;1-3-5-7-8-9-10-12-19-14-15(13-16(19)20)17(21)18-11-6-4-2;1-3-5-7-8-9-11-18-13-14(12-15(18)19)16(20)17-10-6-4-2;1-3-5-7-8-10-17-12-13(11-14(17)18)15(19)16-9-6-4-2;1-3-5-7-9-16-11-12(10-13(16)17)14(18)15-8-6-4-2/h17H,3-16H2,1-2H3,(H,20,23);16H,3-15H2,1-2H3,(H,19,22);15H,3-14H2,1-2H3,(H,18,21);14H,3-13H2,1-2H3,(H,17,20);13H,3-12H2,1-2H3,(H,16,19);12H,3-11H2,1-2H3,(H,15,18). The van der Waals surface area contributed by atoms with E-state index in [1.54, 1.807) is 0 Å².